The average molecular weight is 1360 g/mol. The Labute approximate surface area is 489 Å². The number of aliphatic hydroxyl groups is 6. The van der Waals surface area contributed by atoms with E-state index in [2.05, 4.69) is 47.4 Å². The SMILES string of the molecule is C.C.C.C.C.C.CC(F)(F)CCCCC(F)(F)COCC(O)COCC(O)COCC(F)(F)OC(F)(F)C(F)(F)OCCCC(F)(F)COC(O)COCC(O)COCC(F)(F)OC(F)(F)C(F)(F)OCCCC(F)(F)COCC(O)CO.O=C(F)F. The summed E-state index contributed by atoms with van der Waals surface area (Å²) in [5.41, 5.74) is 0. The molecule has 0 fully saturated rings. The van der Waals surface area contributed by atoms with E-state index in [4.69, 9.17) is 19.7 Å². The van der Waals surface area contributed by atoms with Crippen molar-refractivity contribution < 1.29 is 184 Å². The van der Waals surface area contributed by atoms with E-state index < -0.39 is 242 Å². The van der Waals surface area contributed by atoms with E-state index in [1.165, 1.54) is 0 Å². The van der Waals surface area contributed by atoms with Gasteiger partial charge in [0.1, 0.15) is 57.5 Å². The van der Waals surface area contributed by atoms with Crippen LogP contribution in [0, 0.1) is 0 Å². The Hall–Kier alpha value is -2.55. The fourth-order valence-electron chi connectivity index (χ4n) is 5.24. The van der Waals surface area contributed by atoms with Gasteiger partial charge in [0, 0.05) is 25.7 Å². The number of hydrogen-bond donors (Lipinski definition) is 6. The molecule has 0 spiro atoms. The third-order valence-electron chi connectivity index (χ3n) is 8.88. The third kappa shape index (κ3) is 52.7. The molecular formula is C47H86F22O18. The minimum Gasteiger partial charge on any atom is -0.394 e. The van der Waals surface area contributed by atoms with E-state index in [-0.39, 0.29) is 57.4 Å². The van der Waals surface area contributed by atoms with Crippen LogP contribution < -0.4 is 0 Å². The molecule has 0 aromatic heterocycles. The van der Waals surface area contributed by atoms with Gasteiger partial charge < -0.3 is 73.3 Å². The normalized spacial score (nSPS) is 14.7. The monoisotopic (exact) mass is 1360 g/mol. The second-order valence-corrected chi connectivity index (χ2v) is 17.2. The summed E-state index contributed by atoms with van der Waals surface area (Å²) in [7, 11) is 0. The van der Waals surface area contributed by atoms with Crippen LogP contribution in [0.25, 0.3) is 0 Å². The molecule has 6 N–H and O–H groups in total. The van der Waals surface area contributed by atoms with Crippen LogP contribution in [-0.2, 0) is 52.1 Å². The number of unbranched alkanes of at least 4 members (excludes halogenated alkanes) is 1. The van der Waals surface area contributed by atoms with Crippen molar-refractivity contribution in [3.8, 4) is 0 Å². The van der Waals surface area contributed by atoms with Crippen molar-refractivity contribution >= 4 is 6.29 Å². The van der Waals surface area contributed by atoms with Gasteiger partial charge in [-0.2, -0.15) is 52.7 Å². The van der Waals surface area contributed by atoms with Gasteiger partial charge in [0.05, 0.1) is 72.7 Å². The summed E-state index contributed by atoms with van der Waals surface area (Å²) in [5.74, 6) is -14.2. The predicted octanol–water partition coefficient (Wildman–Crippen LogP) is 11.0. The maximum Gasteiger partial charge on any atom is 0.483 e. The van der Waals surface area contributed by atoms with Crippen LogP contribution in [0.4, 0.5) is 101 Å². The van der Waals surface area contributed by atoms with Gasteiger partial charge in [-0.15, -0.1) is 8.78 Å². The van der Waals surface area contributed by atoms with Gasteiger partial charge in [-0.3, -0.25) is 0 Å². The smallest absolute Gasteiger partial charge is 0.394 e. The summed E-state index contributed by atoms with van der Waals surface area (Å²) in [4.78, 5) is 8.11. The van der Waals surface area contributed by atoms with E-state index in [9.17, 15) is 117 Å². The van der Waals surface area contributed by atoms with Gasteiger partial charge in [0.2, 0.25) is 5.92 Å². The fraction of sp³-hybridized carbons (Fsp3) is 0.979. The zero-order valence-corrected chi connectivity index (χ0v) is 42.3. The third-order valence-corrected chi connectivity index (χ3v) is 8.88. The molecule has 87 heavy (non-hydrogen) atoms. The number of ether oxygens (including phenoxy) is 11. The van der Waals surface area contributed by atoms with Crippen LogP contribution in [0.15, 0.2) is 0 Å². The average Bonchev–Trinajstić information content (AvgIpc) is 3.28. The molecule has 0 aromatic carbocycles. The summed E-state index contributed by atoms with van der Waals surface area (Å²) in [5, 5.41) is 56.4. The molecule has 0 aliphatic heterocycles. The number of halogens is 22. The lowest BCUT2D eigenvalue weighted by atomic mass is 10.1. The lowest BCUT2D eigenvalue weighted by molar-refractivity contribution is -0.484. The standard InChI is InChI=1S/C40H62F20O17.CF2O.6CH4/c1-31(41,42)6-2-3-7-32(43,44)21-70-17-27(63)14-67-15-28(64)18-71-24-35(49,50)76-40(59,60)38(55,56)75-11-5-9-34(47,48)23-73-30(66)20-68-16-29(65)19-72-25-36(51,52)77-39(57,58)37(53,54)74-10-4-8-33(45,46)22-69-13-26(62)12-61;2-1(3)4;;;;;;/h26-30,61-66H,2-25H2,1H3;;6*1H4. The van der Waals surface area contributed by atoms with Crippen LogP contribution in [0.3, 0.4) is 0 Å². The first-order valence-electron chi connectivity index (χ1n) is 23.1. The molecule has 0 saturated heterocycles. The zero-order chi connectivity index (χ0) is 63.2. The predicted molar refractivity (Wildman–Crippen MR) is 262 cm³/mol. The van der Waals surface area contributed by atoms with Crippen molar-refractivity contribution in [2.45, 2.75) is 194 Å². The van der Waals surface area contributed by atoms with Gasteiger partial charge >= 0.3 is 42.9 Å². The van der Waals surface area contributed by atoms with Gasteiger partial charge in [-0.1, -0.05) is 44.6 Å². The van der Waals surface area contributed by atoms with Crippen LogP contribution in [0.5, 0.6) is 0 Å². The summed E-state index contributed by atoms with van der Waals surface area (Å²) in [6.07, 6.45) is -53.3. The quantitative estimate of drug-likeness (QED) is 0.0144. The Bertz CT molecular complexity index is 1660. The molecule has 0 heterocycles. The van der Waals surface area contributed by atoms with Crippen LogP contribution in [-0.4, -0.2) is 234 Å². The highest BCUT2D eigenvalue weighted by Gasteiger charge is 2.65. The van der Waals surface area contributed by atoms with Crippen LogP contribution in [0.1, 0.15) is 103 Å². The molecule has 0 aliphatic carbocycles. The van der Waals surface area contributed by atoms with Gasteiger partial charge in [0.25, 0.3) is 17.8 Å². The molecule has 18 nitrogen and oxygen atoms in total. The lowest BCUT2D eigenvalue weighted by Crippen LogP contribution is -2.50. The van der Waals surface area contributed by atoms with E-state index in [1.807, 2.05) is 0 Å². The number of carbonyl (C=O) groups is 1. The summed E-state index contributed by atoms with van der Waals surface area (Å²) in [6, 6.07) is 0. The van der Waals surface area contributed by atoms with Crippen molar-refractivity contribution in [1.82, 2.24) is 0 Å². The Morgan fingerprint density at radius 2 is 0.655 bits per heavy atom. The summed E-state index contributed by atoms with van der Waals surface area (Å²) in [6.45, 7) is -19.6. The highest BCUT2D eigenvalue weighted by molar-refractivity contribution is 5.55. The number of aliphatic hydroxyl groups excluding tert-OH is 6. The maximum atomic E-state index is 14.2. The Kier molecular flexibility index (Phi) is 53.8. The lowest BCUT2D eigenvalue weighted by Gasteiger charge is -2.29. The minimum atomic E-state index is -6.15. The van der Waals surface area contributed by atoms with Gasteiger partial charge in [-0.25, -0.2) is 49.4 Å². The van der Waals surface area contributed by atoms with E-state index in [0.717, 1.165) is 0 Å². The second-order valence-electron chi connectivity index (χ2n) is 17.2. The number of carbonyl (C=O) groups excluding carboxylic acids is 1. The fourth-order valence-corrected chi connectivity index (χ4v) is 5.24. The molecule has 0 aliphatic rings. The van der Waals surface area contributed by atoms with Crippen molar-refractivity contribution in [2.24, 2.45) is 0 Å². The largest absolute Gasteiger partial charge is 0.483 e. The molecule has 5 atom stereocenters. The van der Waals surface area contributed by atoms with Crippen LogP contribution >= 0.6 is 0 Å². The van der Waals surface area contributed by atoms with Crippen LogP contribution in [0.2, 0.25) is 0 Å². The van der Waals surface area contributed by atoms with Gasteiger partial charge in [-0.05, 0) is 32.6 Å². The topological polar surface area (TPSA) is 240 Å². The molecule has 5 unspecified atom stereocenters. The Morgan fingerprint density at radius 1 is 0.379 bits per heavy atom. The molecular weight excluding hydrogens is 1270 g/mol. The van der Waals surface area contributed by atoms with Crippen molar-refractivity contribution in [1.29, 1.82) is 0 Å². The van der Waals surface area contributed by atoms with Crippen molar-refractivity contribution in [3.05, 3.63) is 0 Å². The second kappa shape index (κ2) is 46.5. The molecule has 0 saturated carbocycles. The molecule has 0 aromatic rings. The van der Waals surface area contributed by atoms with E-state index in [0.29, 0.717) is 6.92 Å². The number of hydrogen-bond acceptors (Lipinski definition) is 18. The molecule has 536 valence electrons. The van der Waals surface area contributed by atoms with Crippen molar-refractivity contribution in [2.75, 3.05) is 106 Å². The number of alkyl halides is 20. The first-order chi connectivity index (χ1) is 36.7. The molecule has 0 bridgehead atoms. The Balaban J connectivity index is -0.00000101. The molecule has 0 amide bonds. The zero-order valence-electron chi connectivity index (χ0n) is 42.3. The summed E-state index contributed by atoms with van der Waals surface area (Å²) >= 11 is 0. The highest BCUT2D eigenvalue weighted by atomic mass is 19.4. The minimum absolute atomic E-state index is 0. The van der Waals surface area contributed by atoms with E-state index >= 15 is 0 Å². The number of rotatable bonds is 49. The summed E-state index contributed by atoms with van der Waals surface area (Å²) < 4.78 is 339. The molecule has 0 rings (SSSR count). The van der Waals surface area contributed by atoms with Gasteiger partial charge in [0.15, 0.2) is 6.29 Å². The Morgan fingerprint density at radius 3 is 0.989 bits per heavy atom. The molecule has 40 heteroatoms. The highest BCUT2D eigenvalue weighted by Crippen LogP contribution is 2.42. The first-order valence-corrected chi connectivity index (χ1v) is 23.1. The van der Waals surface area contributed by atoms with Crippen molar-refractivity contribution in [3.63, 3.8) is 0 Å². The first kappa shape index (κ1) is 101. The van der Waals surface area contributed by atoms with E-state index in [1.54, 1.807) is 0 Å². The molecule has 0 radical (unpaired) electrons. The maximum absolute atomic E-state index is 14.2.